The number of amides is 2. The fourth-order valence-electron chi connectivity index (χ4n) is 2.59. The zero-order valence-corrected chi connectivity index (χ0v) is 11.3. The van der Waals surface area contributed by atoms with Gasteiger partial charge in [-0.2, -0.15) is 0 Å². The molecule has 5 nitrogen and oxygen atoms in total. The number of rotatable bonds is 0. The van der Waals surface area contributed by atoms with Gasteiger partial charge in [0.05, 0.1) is 11.1 Å². The second-order valence-electron chi connectivity index (χ2n) is 6.58. The quantitative estimate of drug-likeness (QED) is 0.635. The Morgan fingerprint density at radius 1 is 1.06 bits per heavy atom. The Kier molecular flexibility index (Phi) is 2.19. The molecule has 0 saturated carbocycles. The number of fused-ring (bicyclic) bond motifs is 1. The van der Waals surface area contributed by atoms with Crippen LogP contribution in [0.1, 0.15) is 41.5 Å². The zero-order valence-electron chi connectivity index (χ0n) is 11.3. The van der Waals surface area contributed by atoms with Gasteiger partial charge in [-0.05, 0) is 41.5 Å². The van der Waals surface area contributed by atoms with Crippen LogP contribution < -0.4 is 10.6 Å². The second kappa shape index (κ2) is 3.02. The van der Waals surface area contributed by atoms with Crippen LogP contribution in [0.3, 0.4) is 0 Å². The van der Waals surface area contributed by atoms with Crippen LogP contribution >= 0.6 is 0 Å². The second-order valence-corrected chi connectivity index (χ2v) is 6.58. The van der Waals surface area contributed by atoms with Crippen LogP contribution in [0.2, 0.25) is 0 Å². The summed E-state index contributed by atoms with van der Waals surface area (Å²) in [5.74, 6) is -0.123. The summed E-state index contributed by atoms with van der Waals surface area (Å²) in [6, 6.07) is 0. The maximum absolute atomic E-state index is 12.4. The van der Waals surface area contributed by atoms with Crippen molar-refractivity contribution in [3.8, 4) is 0 Å². The lowest BCUT2D eigenvalue weighted by Crippen LogP contribution is -2.75. The van der Waals surface area contributed by atoms with Crippen molar-refractivity contribution in [1.29, 1.82) is 0 Å². The van der Waals surface area contributed by atoms with Gasteiger partial charge in [0, 0.05) is 0 Å². The van der Waals surface area contributed by atoms with E-state index in [1.165, 1.54) is 0 Å². The summed E-state index contributed by atoms with van der Waals surface area (Å²) in [5.41, 5.74) is -1.89. The van der Waals surface area contributed by atoms with Crippen LogP contribution in [0.25, 0.3) is 0 Å². The van der Waals surface area contributed by atoms with E-state index in [2.05, 4.69) is 10.6 Å². The third-order valence-electron chi connectivity index (χ3n) is 3.79. The molecule has 0 aliphatic carbocycles. The van der Waals surface area contributed by atoms with Gasteiger partial charge < -0.3 is 10.2 Å². The average molecular weight is 239 g/mol. The number of nitrogens with zero attached hydrogens (tertiary/aromatic N) is 1. The zero-order chi connectivity index (χ0) is 13.2. The van der Waals surface area contributed by atoms with Crippen molar-refractivity contribution < 1.29 is 9.59 Å². The number of hydrogen-bond donors (Lipinski definition) is 2. The normalized spacial score (nSPS) is 33.3. The highest BCUT2D eigenvalue weighted by atomic mass is 16.2. The smallest absolute Gasteiger partial charge is 0.245 e. The topological polar surface area (TPSA) is 61.4 Å². The Hall–Kier alpha value is -1.10. The number of hydrogen-bond acceptors (Lipinski definition) is 3. The molecule has 2 heterocycles. The molecule has 96 valence electrons. The van der Waals surface area contributed by atoms with E-state index >= 15 is 0 Å². The molecule has 2 N–H and O–H groups in total. The fraction of sp³-hybridized carbons (Fsp3) is 0.833. The van der Waals surface area contributed by atoms with Gasteiger partial charge in [0.15, 0.2) is 0 Å². The fourth-order valence-corrected chi connectivity index (χ4v) is 2.59. The van der Waals surface area contributed by atoms with Crippen LogP contribution in [-0.4, -0.2) is 39.5 Å². The van der Waals surface area contributed by atoms with Crippen LogP contribution in [0.15, 0.2) is 0 Å². The van der Waals surface area contributed by atoms with Gasteiger partial charge in [0.2, 0.25) is 11.8 Å². The van der Waals surface area contributed by atoms with Gasteiger partial charge in [-0.1, -0.05) is 0 Å². The molecule has 0 aromatic carbocycles. The molecule has 2 fully saturated rings. The van der Waals surface area contributed by atoms with Gasteiger partial charge in [0.25, 0.3) is 0 Å². The Morgan fingerprint density at radius 2 is 1.59 bits per heavy atom. The summed E-state index contributed by atoms with van der Waals surface area (Å²) in [6.45, 7) is 11.1. The summed E-state index contributed by atoms with van der Waals surface area (Å²) < 4.78 is 0. The van der Waals surface area contributed by atoms with E-state index in [9.17, 15) is 9.59 Å². The molecule has 2 amide bonds. The van der Waals surface area contributed by atoms with Crippen molar-refractivity contribution in [2.75, 3.05) is 0 Å². The molecule has 0 radical (unpaired) electrons. The lowest BCUT2D eigenvalue weighted by atomic mass is 9.88. The summed E-state index contributed by atoms with van der Waals surface area (Å²) in [5, 5.41) is 6.29. The van der Waals surface area contributed by atoms with E-state index in [1.807, 2.05) is 27.7 Å². The first-order chi connectivity index (χ1) is 7.50. The Bertz CT molecular complexity index is 399. The Morgan fingerprint density at radius 3 is 2.12 bits per heavy atom. The van der Waals surface area contributed by atoms with Crippen molar-refractivity contribution in [2.45, 2.75) is 64.3 Å². The number of nitrogens with one attached hydrogen (secondary N) is 2. The van der Waals surface area contributed by atoms with Crippen LogP contribution in [0.4, 0.5) is 0 Å². The molecule has 0 bridgehead atoms. The minimum Gasteiger partial charge on any atom is -0.346 e. The first-order valence-electron chi connectivity index (χ1n) is 5.94. The SMILES string of the molecule is CC1(C)NC2N(C1=O)C(C)(C)C(=O)NC2(C)C. The van der Waals surface area contributed by atoms with Crippen molar-refractivity contribution in [2.24, 2.45) is 0 Å². The predicted octanol–water partition coefficient (Wildman–Crippen LogP) is 0.210. The van der Waals surface area contributed by atoms with Crippen LogP contribution in [0.5, 0.6) is 0 Å². The molecular weight excluding hydrogens is 218 g/mol. The molecule has 1 unspecified atom stereocenters. The molecule has 0 spiro atoms. The number of piperazine rings is 1. The third-order valence-corrected chi connectivity index (χ3v) is 3.79. The number of carbonyl (C=O) groups excluding carboxylic acids is 2. The number of carbonyl (C=O) groups is 2. The van der Waals surface area contributed by atoms with E-state index in [0.717, 1.165) is 0 Å². The van der Waals surface area contributed by atoms with E-state index in [4.69, 9.17) is 0 Å². The molecule has 0 aromatic rings. The van der Waals surface area contributed by atoms with Crippen LogP contribution in [-0.2, 0) is 9.59 Å². The molecular formula is C12H21N3O2. The maximum Gasteiger partial charge on any atom is 0.245 e. The highest BCUT2D eigenvalue weighted by Crippen LogP contribution is 2.36. The van der Waals surface area contributed by atoms with E-state index in [0.29, 0.717) is 0 Å². The molecule has 2 rings (SSSR count). The van der Waals surface area contributed by atoms with E-state index in [1.54, 1.807) is 18.7 Å². The standard InChI is InChI=1S/C12H21N3O2/c1-10(2)7-13-11(3,4)9(17)15(7)12(5,6)8(16)14-10/h7,13H,1-6H3,(H,14,16). The molecule has 2 aliphatic heterocycles. The third kappa shape index (κ3) is 1.48. The first kappa shape index (κ1) is 12.4. The Labute approximate surface area is 102 Å². The van der Waals surface area contributed by atoms with Gasteiger partial charge in [-0.3, -0.25) is 14.9 Å². The first-order valence-corrected chi connectivity index (χ1v) is 5.94. The molecule has 5 heteroatoms. The van der Waals surface area contributed by atoms with Crippen molar-refractivity contribution in [1.82, 2.24) is 15.5 Å². The highest BCUT2D eigenvalue weighted by Gasteiger charge is 2.60. The van der Waals surface area contributed by atoms with E-state index < -0.39 is 16.6 Å². The minimum absolute atomic E-state index is 0.0181. The molecule has 2 saturated heterocycles. The lowest BCUT2D eigenvalue weighted by Gasteiger charge is -2.50. The largest absolute Gasteiger partial charge is 0.346 e. The Balaban J connectivity index is 2.52. The lowest BCUT2D eigenvalue weighted by molar-refractivity contribution is -0.155. The summed E-state index contributed by atoms with van der Waals surface area (Å²) in [6.07, 6.45) is -0.169. The molecule has 0 aromatic heterocycles. The molecule has 2 aliphatic rings. The predicted molar refractivity (Wildman–Crippen MR) is 64.1 cm³/mol. The van der Waals surface area contributed by atoms with Crippen molar-refractivity contribution >= 4 is 11.8 Å². The van der Waals surface area contributed by atoms with Gasteiger partial charge >= 0.3 is 0 Å². The summed E-state index contributed by atoms with van der Waals surface area (Å²) in [4.78, 5) is 26.2. The van der Waals surface area contributed by atoms with Crippen molar-refractivity contribution in [3.63, 3.8) is 0 Å². The van der Waals surface area contributed by atoms with Gasteiger partial charge in [-0.25, -0.2) is 0 Å². The van der Waals surface area contributed by atoms with Gasteiger partial charge in [-0.15, -0.1) is 0 Å². The summed E-state index contributed by atoms with van der Waals surface area (Å²) in [7, 11) is 0. The maximum atomic E-state index is 12.4. The van der Waals surface area contributed by atoms with Crippen molar-refractivity contribution in [3.05, 3.63) is 0 Å². The molecule has 1 atom stereocenters. The van der Waals surface area contributed by atoms with Gasteiger partial charge in [0.1, 0.15) is 11.7 Å². The monoisotopic (exact) mass is 239 g/mol. The molecule has 17 heavy (non-hydrogen) atoms. The average Bonchev–Trinajstić information content (AvgIpc) is 2.37. The minimum atomic E-state index is -0.807. The van der Waals surface area contributed by atoms with Crippen LogP contribution in [0, 0.1) is 0 Å². The summed E-state index contributed by atoms with van der Waals surface area (Å²) >= 11 is 0. The highest BCUT2D eigenvalue weighted by molar-refractivity contribution is 5.97. The van der Waals surface area contributed by atoms with E-state index in [-0.39, 0.29) is 18.0 Å².